The molecule has 134 valence electrons. The average Bonchev–Trinajstić information content (AvgIpc) is 2.55. The van der Waals surface area contributed by atoms with Gasteiger partial charge in [-0.25, -0.2) is 13.1 Å². The third-order valence-electron chi connectivity index (χ3n) is 3.78. The third-order valence-corrected chi connectivity index (χ3v) is 5.92. The second kappa shape index (κ2) is 8.12. The highest BCUT2D eigenvalue weighted by Crippen LogP contribution is 2.25. The molecule has 0 bridgehead atoms. The lowest BCUT2D eigenvalue weighted by Crippen LogP contribution is -2.29. The van der Waals surface area contributed by atoms with Crippen molar-refractivity contribution in [3.63, 3.8) is 0 Å². The highest BCUT2D eigenvalue weighted by Gasteiger charge is 2.22. The molecule has 2 aromatic rings. The first kappa shape index (κ1) is 19.6. The third kappa shape index (κ3) is 5.14. The number of amides is 1. The molecule has 0 fully saturated rings. The molecule has 0 heterocycles. The highest BCUT2D eigenvalue weighted by atomic mass is 79.9. The van der Waals surface area contributed by atoms with Gasteiger partial charge >= 0.3 is 0 Å². The maximum absolute atomic E-state index is 12.9. The zero-order valence-electron chi connectivity index (χ0n) is 14.3. The molecular weight excluding hydrogens is 404 g/mol. The largest absolute Gasteiger partial charge is 0.326 e. The number of benzene rings is 2. The number of anilines is 1. The van der Waals surface area contributed by atoms with Gasteiger partial charge in [0.15, 0.2) is 0 Å². The van der Waals surface area contributed by atoms with Crippen molar-refractivity contribution < 1.29 is 13.2 Å². The number of carbonyl (C=O) groups excluding carboxylic acids is 1. The summed E-state index contributed by atoms with van der Waals surface area (Å²) in [5, 5.41) is 2.61. The molecule has 0 saturated heterocycles. The monoisotopic (exact) mass is 424 g/mol. The van der Waals surface area contributed by atoms with Crippen LogP contribution >= 0.6 is 15.9 Å². The number of rotatable bonds is 6. The fraction of sp³-hybridized carbons (Fsp3) is 0.278. The summed E-state index contributed by atoms with van der Waals surface area (Å²) >= 11 is 3.38. The van der Waals surface area contributed by atoms with Gasteiger partial charge in [0.05, 0.1) is 4.90 Å². The van der Waals surface area contributed by atoms with Crippen LogP contribution in [0.15, 0.2) is 51.8 Å². The van der Waals surface area contributed by atoms with Crippen molar-refractivity contribution in [1.29, 1.82) is 0 Å². The summed E-state index contributed by atoms with van der Waals surface area (Å²) in [4.78, 5) is 11.4. The summed E-state index contributed by atoms with van der Waals surface area (Å²) in [5.74, 6) is -0.249. The van der Waals surface area contributed by atoms with Crippen molar-refractivity contribution in [1.82, 2.24) is 4.72 Å². The molecule has 1 amide bonds. The lowest BCUT2D eigenvalue weighted by atomic mass is 10.1. The van der Waals surface area contributed by atoms with Gasteiger partial charge in [-0.2, -0.15) is 0 Å². The topological polar surface area (TPSA) is 75.3 Å². The number of nitrogens with one attached hydrogen (secondary N) is 2. The van der Waals surface area contributed by atoms with Crippen LogP contribution in [0.25, 0.3) is 0 Å². The van der Waals surface area contributed by atoms with Gasteiger partial charge in [-0.05, 0) is 48.7 Å². The van der Waals surface area contributed by atoms with Crippen molar-refractivity contribution >= 4 is 37.5 Å². The molecule has 5 nitrogen and oxygen atoms in total. The van der Waals surface area contributed by atoms with Crippen LogP contribution < -0.4 is 10.0 Å². The van der Waals surface area contributed by atoms with E-state index in [9.17, 15) is 13.2 Å². The molecule has 0 spiro atoms. The first-order chi connectivity index (χ1) is 11.7. The fourth-order valence-electron chi connectivity index (χ4n) is 2.50. The molecule has 0 radical (unpaired) electrons. The molecule has 2 aromatic carbocycles. The zero-order valence-corrected chi connectivity index (χ0v) is 16.7. The summed E-state index contributed by atoms with van der Waals surface area (Å²) in [6.07, 6.45) is 0.616. The average molecular weight is 425 g/mol. The van der Waals surface area contributed by atoms with Gasteiger partial charge in [-0.3, -0.25) is 4.79 Å². The predicted molar refractivity (Wildman–Crippen MR) is 103 cm³/mol. The van der Waals surface area contributed by atoms with E-state index < -0.39 is 10.0 Å². The first-order valence-corrected chi connectivity index (χ1v) is 10.2. The van der Waals surface area contributed by atoms with Crippen molar-refractivity contribution in [2.24, 2.45) is 0 Å². The molecule has 0 aliphatic carbocycles. The molecule has 7 heteroatoms. The maximum Gasteiger partial charge on any atom is 0.241 e. The molecule has 1 atom stereocenters. The van der Waals surface area contributed by atoms with Crippen molar-refractivity contribution in [2.45, 2.75) is 38.1 Å². The van der Waals surface area contributed by atoms with Gasteiger partial charge in [0, 0.05) is 23.1 Å². The van der Waals surface area contributed by atoms with Gasteiger partial charge < -0.3 is 5.32 Å². The number of carbonyl (C=O) groups is 1. The SMILES string of the molecule is CCC(NS(=O)(=O)c1cc(NC(C)=O)ccc1C)c1ccc(Br)cc1. The first-order valence-electron chi connectivity index (χ1n) is 7.89. The van der Waals surface area contributed by atoms with Crippen LogP contribution in [-0.2, 0) is 14.8 Å². The number of hydrogen-bond donors (Lipinski definition) is 2. The minimum Gasteiger partial charge on any atom is -0.326 e. The van der Waals surface area contributed by atoms with Gasteiger partial charge in [0.2, 0.25) is 15.9 Å². The Morgan fingerprint density at radius 1 is 1.16 bits per heavy atom. The Bertz CT molecular complexity index is 864. The van der Waals surface area contributed by atoms with E-state index in [2.05, 4.69) is 26.0 Å². The van der Waals surface area contributed by atoms with Crippen LogP contribution in [0.2, 0.25) is 0 Å². The Labute approximate surface area is 157 Å². The van der Waals surface area contributed by atoms with Crippen molar-refractivity contribution in [3.05, 3.63) is 58.1 Å². The van der Waals surface area contributed by atoms with E-state index in [1.807, 2.05) is 31.2 Å². The van der Waals surface area contributed by atoms with Crippen LogP contribution in [0.3, 0.4) is 0 Å². The minimum absolute atomic E-state index is 0.161. The van der Waals surface area contributed by atoms with Crippen LogP contribution in [0.4, 0.5) is 5.69 Å². The van der Waals surface area contributed by atoms with Gasteiger partial charge in [-0.1, -0.05) is 41.1 Å². The quantitative estimate of drug-likeness (QED) is 0.731. The number of halogens is 1. The van der Waals surface area contributed by atoms with E-state index in [1.54, 1.807) is 19.1 Å². The normalized spacial score (nSPS) is 12.6. The lowest BCUT2D eigenvalue weighted by molar-refractivity contribution is -0.114. The summed E-state index contributed by atoms with van der Waals surface area (Å²) in [6.45, 7) is 5.04. The zero-order chi connectivity index (χ0) is 18.6. The Kier molecular flexibility index (Phi) is 6.37. The Morgan fingerprint density at radius 2 is 1.80 bits per heavy atom. The van der Waals surface area contributed by atoms with Crippen LogP contribution in [0.5, 0.6) is 0 Å². The Hall–Kier alpha value is -1.70. The molecular formula is C18H21BrN2O3S. The summed E-state index contributed by atoms with van der Waals surface area (Å²) in [6, 6.07) is 12.1. The molecule has 25 heavy (non-hydrogen) atoms. The van der Waals surface area contributed by atoms with Crippen LogP contribution in [0, 0.1) is 6.92 Å². The highest BCUT2D eigenvalue weighted by molar-refractivity contribution is 9.10. The molecule has 1 unspecified atom stereocenters. The van der Waals surface area contributed by atoms with E-state index >= 15 is 0 Å². The number of sulfonamides is 1. The fourth-order valence-corrected chi connectivity index (χ4v) is 4.35. The second-order valence-corrected chi connectivity index (χ2v) is 8.39. The van der Waals surface area contributed by atoms with E-state index in [4.69, 9.17) is 0 Å². The van der Waals surface area contributed by atoms with Gasteiger partial charge in [0.25, 0.3) is 0 Å². The smallest absolute Gasteiger partial charge is 0.241 e. The molecule has 0 aliphatic rings. The van der Waals surface area contributed by atoms with E-state index in [-0.39, 0.29) is 16.8 Å². The molecule has 2 rings (SSSR count). The predicted octanol–water partition coefficient (Wildman–Crippen LogP) is 4.15. The molecule has 2 N–H and O–H groups in total. The number of hydrogen-bond acceptors (Lipinski definition) is 3. The summed E-state index contributed by atoms with van der Waals surface area (Å²) in [5.41, 5.74) is 1.97. The molecule has 0 aromatic heterocycles. The standard InChI is InChI=1S/C18H21BrN2O3S/c1-4-17(14-6-8-15(19)9-7-14)21-25(23,24)18-11-16(20-13(3)22)10-5-12(18)2/h5-11,17,21H,4H2,1-3H3,(H,20,22). The van der Waals surface area contributed by atoms with Crippen LogP contribution in [-0.4, -0.2) is 14.3 Å². The Balaban J connectivity index is 2.34. The van der Waals surface area contributed by atoms with E-state index in [1.165, 1.54) is 13.0 Å². The van der Waals surface area contributed by atoms with Crippen molar-refractivity contribution in [3.8, 4) is 0 Å². The summed E-state index contributed by atoms with van der Waals surface area (Å²) in [7, 11) is -3.73. The second-order valence-electron chi connectivity index (χ2n) is 5.80. The minimum atomic E-state index is -3.73. The van der Waals surface area contributed by atoms with E-state index in [0.29, 0.717) is 17.7 Å². The van der Waals surface area contributed by atoms with Crippen LogP contribution in [0.1, 0.15) is 37.4 Å². The van der Waals surface area contributed by atoms with E-state index in [0.717, 1.165) is 10.0 Å². The van der Waals surface area contributed by atoms with Gasteiger partial charge in [-0.15, -0.1) is 0 Å². The summed E-state index contributed by atoms with van der Waals surface area (Å²) < 4.78 is 29.4. The molecule has 0 saturated carbocycles. The molecule has 0 aliphatic heterocycles. The van der Waals surface area contributed by atoms with Crippen molar-refractivity contribution in [2.75, 3.05) is 5.32 Å². The number of aryl methyl sites for hydroxylation is 1. The Morgan fingerprint density at radius 3 is 2.36 bits per heavy atom. The maximum atomic E-state index is 12.9. The lowest BCUT2D eigenvalue weighted by Gasteiger charge is -2.19. The van der Waals surface area contributed by atoms with Gasteiger partial charge in [0.1, 0.15) is 0 Å².